The van der Waals surface area contributed by atoms with E-state index in [1.54, 1.807) is 0 Å². The lowest BCUT2D eigenvalue weighted by Crippen LogP contribution is -2.42. The Kier molecular flexibility index (Phi) is 21.0. The Labute approximate surface area is 206 Å². The third-order valence-electron chi connectivity index (χ3n) is 6.08. The van der Waals surface area contributed by atoms with Crippen LogP contribution in [0.5, 0.6) is 0 Å². The van der Waals surface area contributed by atoms with Crippen molar-refractivity contribution in [2.24, 2.45) is 0 Å². The Morgan fingerprint density at radius 2 is 1.09 bits per heavy atom. The van der Waals surface area contributed by atoms with Gasteiger partial charge >= 0.3 is 7.82 Å². The molecule has 5 nitrogen and oxygen atoms in total. The predicted octanol–water partition coefficient (Wildman–Crippen LogP) is 8.16. The molecular weight excluding hydrogens is 433 g/mol. The Morgan fingerprint density at radius 1 is 0.697 bits per heavy atom. The molecule has 33 heavy (non-hydrogen) atoms. The number of allylic oxidation sites excluding steroid dienone is 2. The summed E-state index contributed by atoms with van der Waals surface area (Å²) in [5.74, 6) is 0. The molecule has 198 valence electrons. The Balaban J connectivity index is 3.48. The molecule has 0 fully saturated rings. The zero-order valence-electron chi connectivity index (χ0n) is 22.5. The van der Waals surface area contributed by atoms with Crippen LogP contribution in [0.4, 0.5) is 0 Å². The number of phosphoric acid groups is 1. The van der Waals surface area contributed by atoms with E-state index in [0.717, 1.165) is 12.8 Å². The molecule has 6 heteroatoms. The lowest BCUT2D eigenvalue weighted by Gasteiger charge is -2.29. The molecule has 2 N–H and O–H groups in total. The maximum Gasteiger partial charge on any atom is 0.470 e. The van der Waals surface area contributed by atoms with E-state index in [9.17, 15) is 4.57 Å². The smallest absolute Gasteiger partial charge is 0.329 e. The number of nitrogens with zero attached hydrogens (tertiary/aromatic N) is 1. The number of quaternary nitrogens is 1. The molecule has 1 atom stereocenters. The molecule has 0 rings (SSSR count). The average Bonchev–Trinajstić information content (AvgIpc) is 2.70. The van der Waals surface area contributed by atoms with Gasteiger partial charge in [-0.2, -0.15) is 0 Å². The second kappa shape index (κ2) is 21.1. The van der Waals surface area contributed by atoms with Crippen molar-refractivity contribution in [3.63, 3.8) is 0 Å². The molecular formula is C27H57NO4P+. The Bertz CT molecular complexity index is 499. The fraction of sp³-hybridized carbons (Fsp3) is 0.926. The topological polar surface area (TPSA) is 66.8 Å². The highest BCUT2D eigenvalue weighted by atomic mass is 31.2. The van der Waals surface area contributed by atoms with Gasteiger partial charge in [-0.05, 0) is 32.1 Å². The van der Waals surface area contributed by atoms with E-state index in [2.05, 4.69) is 19.1 Å². The van der Waals surface area contributed by atoms with E-state index < -0.39 is 7.82 Å². The Morgan fingerprint density at radius 3 is 1.48 bits per heavy atom. The zero-order chi connectivity index (χ0) is 24.8. The largest absolute Gasteiger partial charge is 0.470 e. The van der Waals surface area contributed by atoms with E-state index in [4.69, 9.17) is 14.3 Å². The van der Waals surface area contributed by atoms with Crippen molar-refractivity contribution < 1.29 is 23.4 Å². The van der Waals surface area contributed by atoms with Gasteiger partial charge in [0.05, 0.1) is 21.1 Å². The van der Waals surface area contributed by atoms with Crippen molar-refractivity contribution in [2.45, 2.75) is 135 Å². The quantitative estimate of drug-likeness (QED) is 0.0620. The fourth-order valence-electron chi connectivity index (χ4n) is 4.31. The lowest BCUT2D eigenvalue weighted by atomic mass is 10.0. The number of unbranched alkanes of at least 4 members (excludes halogenated alkanes) is 16. The van der Waals surface area contributed by atoms with Crippen molar-refractivity contribution in [1.29, 1.82) is 0 Å². The summed E-state index contributed by atoms with van der Waals surface area (Å²) in [6.07, 6.45) is 28.5. The molecule has 0 aromatic heterocycles. The minimum absolute atomic E-state index is 0.378. The van der Waals surface area contributed by atoms with E-state index in [-0.39, 0.29) is 6.10 Å². The van der Waals surface area contributed by atoms with Gasteiger partial charge in [-0.1, -0.05) is 109 Å². The molecule has 0 saturated heterocycles. The normalized spacial score (nSPS) is 13.8. The molecule has 0 aliphatic heterocycles. The molecule has 0 saturated carbocycles. The number of rotatable bonds is 24. The molecule has 0 amide bonds. The summed E-state index contributed by atoms with van der Waals surface area (Å²) in [5, 5.41) is 0. The highest BCUT2D eigenvalue weighted by molar-refractivity contribution is 7.46. The summed E-state index contributed by atoms with van der Waals surface area (Å²) in [7, 11) is 1.64. The van der Waals surface area contributed by atoms with E-state index in [0.29, 0.717) is 17.4 Å². The second-order valence-electron chi connectivity index (χ2n) is 10.8. The number of hydrogen-bond acceptors (Lipinski definition) is 2. The second-order valence-corrected chi connectivity index (χ2v) is 12.0. The van der Waals surface area contributed by atoms with Crippen molar-refractivity contribution >= 4 is 7.82 Å². The molecule has 0 aliphatic carbocycles. The highest BCUT2D eigenvalue weighted by Crippen LogP contribution is 2.39. The van der Waals surface area contributed by atoms with E-state index >= 15 is 0 Å². The highest BCUT2D eigenvalue weighted by Gasteiger charge is 2.26. The van der Waals surface area contributed by atoms with Gasteiger partial charge in [0.1, 0.15) is 12.6 Å². The summed E-state index contributed by atoms with van der Waals surface area (Å²) in [6, 6.07) is 0. The third kappa shape index (κ3) is 27.9. The monoisotopic (exact) mass is 490 g/mol. The SMILES string of the molecule is CCCCCCCCC=CCCCCCCCCCCCCC(C[N+](C)(C)C)OP(=O)(O)O. The summed E-state index contributed by atoms with van der Waals surface area (Å²) in [5.41, 5.74) is 0. The molecule has 0 spiro atoms. The average molecular weight is 491 g/mol. The van der Waals surface area contributed by atoms with Crippen molar-refractivity contribution in [1.82, 2.24) is 0 Å². The van der Waals surface area contributed by atoms with Gasteiger partial charge in [0, 0.05) is 0 Å². The minimum atomic E-state index is -4.42. The number of likely N-dealkylation sites (N-methyl/N-ethyl adjacent to an activating group) is 1. The van der Waals surface area contributed by atoms with Crippen molar-refractivity contribution in [2.75, 3.05) is 27.7 Å². The number of phosphoric ester groups is 1. The predicted molar refractivity (Wildman–Crippen MR) is 142 cm³/mol. The molecule has 1 unspecified atom stereocenters. The minimum Gasteiger partial charge on any atom is -0.329 e. The first-order valence-corrected chi connectivity index (χ1v) is 15.4. The van der Waals surface area contributed by atoms with Crippen LogP contribution in [0.25, 0.3) is 0 Å². The summed E-state index contributed by atoms with van der Waals surface area (Å²) < 4.78 is 16.8. The first-order valence-electron chi connectivity index (χ1n) is 13.8. The van der Waals surface area contributed by atoms with Crippen LogP contribution in [0, 0.1) is 0 Å². The van der Waals surface area contributed by atoms with Gasteiger partial charge in [-0.25, -0.2) is 4.57 Å². The molecule has 0 aromatic rings. The third-order valence-corrected chi connectivity index (χ3v) is 6.65. The molecule has 0 aromatic carbocycles. The van der Waals surface area contributed by atoms with Crippen LogP contribution in [0.3, 0.4) is 0 Å². The van der Waals surface area contributed by atoms with Crippen LogP contribution in [-0.4, -0.2) is 48.1 Å². The summed E-state index contributed by atoms with van der Waals surface area (Å²) >= 11 is 0. The standard InChI is InChI=1S/C27H56NO4P/c1-5-6-7-8-9-10-11-12-13-14-15-16-17-18-19-20-21-22-23-24-25-27(26-28(2,3)4)32-33(29,30)31/h12-13,27H,5-11,14-26H2,1-4H3,(H-,29,30,31)/p+1. The van der Waals surface area contributed by atoms with Crippen LogP contribution >= 0.6 is 7.82 Å². The van der Waals surface area contributed by atoms with Gasteiger partial charge in [-0.3, -0.25) is 4.52 Å². The lowest BCUT2D eigenvalue weighted by molar-refractivity contribution is -0.873. The molecule has 0 aliphatic rings. The van der Waals surface area contributed by atoms with Crippen LogP contribution in [-0.2, 0) is 9.09 Å². The fourth-order valence-corrected chi connectivity index (χ4v) is 4.87. The molecule has 0 bridgehead atoms. The number of hydrogen-bond donors (Lipinski definition) is 2. The van der Waals surface area contributed by atoms with Gasteiger partial charge in [0.2, 0.25) is 0 Å². The zero-order valence-corrected chi connectivity index (χ0v) is 23.4. The van der Waals surface area contributed by atoms with Gasteiger partial charge < -0.3 is 14.3 Å². The van der Waals surface area contributed by atoms with Gasteiger partial charge in [0.25, 0.3) is 0 Å². The van der Waals surface area contributed by atoms with E-state index in [1.165, 1.54) is 103 Å². The maximum absolute atomic E-state index is 11.2. The van der Waals surface area contributed by atoms with Gasteiger partial charge in [-0.15, -0.1) is 0 Å². The first kappa shape index (κ1) is 32.8. The van der Waals surface area contributed by atoms with Crippen LogP contribution in [0.15, 0.2) is 12.2 Å². The van der Waals surface area contributed by atoms with Crippen LogP contribution < -0.4 is 0 Å². The molecule has 0 radical (unpaired) electrons. The van der Waals surface area contributed by atoms with Crippen molar-refractivity contribution in [3.8, 4) is 0 Å². The van der Waals surface area contributed by atoms with Crippen LogP contribution in [0.1, 0.15) is 129 Å². The van der Waals surface area contributed by atoms with E-state index in [1.807, 2.05) is 21.1 Å². The summed E-state index contributed by atoms with van der Waals surface area (Å²) in [4.78, 5) is 18.3. The summed E-state index contributed by atoms with van der Waals surface area (Å²) in [6.45, 7) is 2.88. The Hall–Kier alpha value is -0.190. The first-order chi connectivity index (χ1) is 15.6. The van der Waals surface area contributed by atoms with Gasteiger partial charge in [0.15, 0.2) is 0 Å². The van der Waals surface area contributed by atoms with Crippen molar-refractivity contribution in [3.05, 3.63) is 12.2 Å². The van der Waals surface area contributed by atoms with Crippen LogP contribution in [0.2, 0.25) is 0 Å². The molecule has 0 heterocycles. The maximum atomic E-state index is 11.2.